The van der Waals surface area contributed by atoms with E-state index in [9.17, 15) is 14.4 Å². The molecule has 5 N–H and O–H groups in total. The number of anilines is 1. The molecule has 2 heterocycles. The minimum atomic E-state index is -1.01. The van der Waals surface area contributed by atoms with Crippen LogP contribution in [0.1, 0.15) is 16.8 Å². The number of carboxylic acid groups (broad SMARTS) is 1. The number of hydrogen-bond acceptors (Lipinski definition) is 5. The minimum absolute atomic E-state index is 0.231. The van der Waals surface area contributed by atoms with Gasteiger partial charge in [-0.1, -0.05) is 0 Å². The molecule has 1 aliphatic rings. The van der Waals surface area contributed by atoms with Gasteiger partial charge in [-0.2, -0.15) is 0 Å². The maximum absolute atomic E-state index is 12.7. The zero-order valence-corrected chi connectivity index (χ0v) is 15.9. The van der Waals surface area contributed by atoms with Gasteiger partial charge in [0.1, 0.15) is 10.8 Å². The number of ether oxygens (including phenoxy) is 1. The number of carbonyl (C=O) groups excluding carboxylic acids is 2. The lowest BCUT2D eigenvalue weighted by Crippen LogP contribution is -2.38. The van der Waals surface area contributed by atoms with E-state index < -0.39 is 18.0 Å². The molecular formula is C18H20N4O5S. The van der Waals surface area contributed by atoms with Crippen molar-refractivity contribution < 1.29 is 24.2 Å². The number of likely N-dealkylation sites (tertiary alicyclic amines) is 1. The predicted molar refractivity (Wildman–Crippen MR) is 105 cm³/mol. The van der Waals surface area contributed by atoms with Crippen LogP contribution in [0.4, 0.5) is 14.6 Å². The molecule has 4 amide bonds. The van der Waals surface area contributed by atoms with Crippen LogP contribution in [0.5, 0.6) is 5.75 Å². The van der Waals surface area contributed by atoms with Gasteiger partial charge in [0.05, 0.1) is 12.7 Å². The number of methoxy groups -OCH3 is 1. The SMILES string of the molecule is COc1ccc(-c2cc(C(=O)N[C@H]3CCN(C(=O)O)C3)c(NC(N)=O)s2)cc1. The molecule has 148 valence electrons. The van der Waals surface area contributed by atoms with Crippen LogP contribution in [0, 0.1) is 0 Å². The number of hydrogen-bond donors (Lipinski definition) is 4. The number of urea groups is 1. The second kappa shape index (κ2) is 8.17. The zero-order chi connectivity index (χ0) is 20.3. The average Bonchev–Trinajstić information content (AvgIpc) is 3.28. The summed E-state index contributed by atoms with van der Waals surface area (Å²) in [5.74, 6) is 0.315. The highest BCUT2D eigenvalue weighted by Crippen LogP contribution is 2.36. The summed E-state index contributed by atoms with van der Waals surface area (Å²) in [5.41, 5.74) is 6.37. The molecule has 9 nitrogen and oxygen atoms in total. The van der Waals surface area contributed by atoms with Crippen LogP contribution in [-0.4, -0.2) is 54.3 Å². The first-order valence-electron chi connectivity index (χ1n) is 8.51. The Morgan fingerprint density at radius 2 is 2.00 bits per heavy atom. The highest BCUT2D eigenvalue weighted by Gasteiger charge is 2.28. The van der Waals surface area contributed by atoms with Crippen molar-refractivity contribution in [2.24, 2.45) is 5.73 Å². The van der Waals surface area contributed by atoms with E-state index in [0.29, 0.717) is 23.7 Å². The summed E-state index contributed by atoms with van der Waals surface area (Å²) in [4.78, 5) is 37.1. The van der Waals surface area contributed by atoms with E-state index >= 15 is 0 Å². The molecule has 0 radical (unpaired) electrons. The largest absolute Gasteiger partial charge is 0.497 e. The smallest absolute Gasteiger partial charge is 0.407 e. The van der Waals surface area contributed by atoms with Gasteiger partial charge < -0.3 is 25.8 Å². The van der Waals surface area contributed by atoms with E-state index in [1.807, 2.05) is 12.1 Å². The van der Waals surface area contributed by atoms with Gasteiger partial charge in [0.25, 0.3) is 5.91 Å². The third-order valence-electron chi connectivity index (χ3n) is 4.38. The molecular weight excluding hydrogens is 384 g/mol. The number of thiophene rings is 1. The number of nitrogens with zero attached hydrogens (tertiary/aromatic N) is 1. The number of primary amides is 1. The Morgan fingerprint density at radius 3 is 2.57 bits per heavy atom. The van der Waals surface area contributed by atoms with Crippen LogP contribution in [0.2, 0.25) is 0 Å². The van der Waals surface area contributed by atoms with Crippen LogP contribution in [0.25, 0.3) is 10.4 Å². The molecule has 3 rings (SSSR count). The Hall–Kier alpha value is -3.27. The van der Waals surface area contributed by atoms with E-state index in [1.54, 1.807) is 25.3 Å². The van der Waals surface area contributed by atoms with Crippen molar-refractivity contribution in [3.05, 3.63) is 35.9 Å². The number of amides is 4. The first kappa shape index (κ1) is 19.5. The van der Waals surface area contributed by atoms with Gasteiger partial charge >= 0.3 is 12.1 Å². The van der Waals surface area contributed by atoms with Crippen LogP contribution in [0.3, 0.4) is 0 Å². The Morgan fingerprint density at radius 1 is 1.29 bits per heavy atom. The number of carbonyl (C=O) groups is 3. The van der Waals surface area contributed by atoms with Crippen molar-refractivity contribution in [1.29, 1.82) is 0 Å². The third-order valence-corrected chi connectivity index (χ3v) is 5.48. The normalized spacial score (nSPS) is 15.9. The van der Waals surface area contributed by atoms with Crippen molar-refractivity contribution in [1.82, 2.24) is 10.2 Å². The molecule has 1 saturated heterocycles. The Bertz CT molecular complexity index is 896. The molecule has 0 saturated carbocycles. The highest BCUT2D eigenvalue weighted by molar-refractivity contribution is 7.20. The lowest BCUT2D eigenvalue weighted by atomic mass is 10.1. The van der Waals surface area contributed by atoms with E-state index in [0.717, 1.165) is 10.4 Å². The quantitative estimate of drug-likeness (QED) is 0.607. The number of nitrogens with one attached hydrogen (secondary N) is 2. The third kappa shape index (κ3) is 4.34. The van der Waals surface area contributed by atoms with E-state index in [4.69, 9.17) is 15.6 Å². The van der Waals surface area contributed by atoms with Gasteiger partial charge in [-0.15, -0.1) is 11.3 Å². The second-order valence-corrected chi connectivity index (χ2v) is 7.31. The Labute approximate surface area is 165 Å². The summed E-state index contributed by atoms with van der Waals surface area (Å²) >= 11 is 1.23. The van der Waals surface area contributed by atoms with Crippen molar-refractivity contribution in [2.75, 3.05) is 25.5 Å². The summed E-state index contributed by atoms with van der Waals surface area (Å²) in [6.07, 6.45) is -0.475. The summed E-state index contributed by atoms with van der Waals surface area (Å²) in [7, 11) is 1.58. The van der Waals surface area contributed by atoms with E-state index in [1.165, 1.54) is 16.2 Å². The molecule has 0 aliphatic carbocycles. The summed E-state index contributed by atoms with van der Waals surface area (Å²) < 4.78 is 5.14. The Balaban J connectivity index is 1.82. The monoisotopic (exact) mass is 404 g/mol. The molecule has 1 atom stereocenters. The molecule has 0 unspecified atom stereocenters. The van der Waals surface area contributed by atoms with E-state index in [-0.39, 0.29) is 18.2 Å². The number of rotatable bonds is 5. The van der Waals surface area contributed by atoms with Crippen LogP contribution in [0.15, 0.2) is 30.3 Å². The lowest BCUT2D eigenvalue weighted by Gasteiger charge is -2.14. The molecule has 0 bridgehead atoms. The lowest BCUT2D eigenvalue weighted by molar-refractivity contribution is 0.0937. The van der Waals surface area contributed by atoms with Gasteiger partial charge in [0.2, 0.25) is 0 Å². The van der Waals surface area contributed by atoms with Crippen molar-refractivity contribution in [2.45, 2.75) is 12.5 Å². The van der Waals surface area contributed by atoms with Crippen LogP contribution >= 0.6 is 11.3 Å². The topological polar surface area (TPSA) is 134 Å². The molecule has 0 spiro atoms. The standard InChI is InChI=1S/C18H20N4O5S/c1-27-12-4-2-10(3-5-12)14-8-13(16(28-14)21-17(19)24)15(23)20-11-6-7-22(9-11)18(25)26/h2-5,8,11H,6-7,9H2,1H3,(H,20,23)(H,25,26)(H3,19,21,24)/t11-/m0/s1. The van der Waals surface area contributed by atoms with E-state index in [2.05, 4.69) is 10.6 Å². The fourth-order valence-electron chi connectivity index (χ4n) is 2.98. The van der Waals surface area contributed by atoms with Crippen molar-refractivity contribution in [3.8, 4) is 16.2 Å². The molecule has 1 aliphatic heterocycles. The fraction of sp³-hybridized carbons (Fsp3) is 0.278. The van der Waals surface area contributed by atoms with Gasteiger partial charge in [0, 0.05) is 24.0 Å². The van der Waals surface area contributed by atoms with Crippen LogP contribution in [-0.2, 0) is 0 Å². The molecule has 1 fully saturated rings. The van der Waals surface area contributed by atoms with Gasteiger partial charge in [-0.25, -0.2) is 9.59 Å². The van der Waals surface area contributed by atoms with Gasteiger partial charge in [0.15, 0.2) is 0 Å². The van der Waals surface area contributed by atoms with Gasteiger partial charge in [-0.05, 0) is 42.3 Å². The average molecular weight is 404 g/mol. The summed E-state index contributed by atoms with van der Waals surface area (Å²) in [6, 6.07) is 7.93. The van der Waals surface area contributed by atoms with Crippen LogP contribution < -0.4 is 21.1 Å². The van der Waals surface area contributed by atoms with Gasteiger partial charge in [-0.3, -0.25) is 10.1 Å². The summed E-state index contributed by atoms with van der Waals surface area (Å²) in [6.45, 7) is 0.600. The number of nitrogens with two attached hydrogens (primary N) is 1. The molecule has 2 aromatic rings. The molecule has 10 heteroatoms. The maximum atomic E-state index is 12.7. The zero-order valence-electron chi connectivity index (χ0n) is 15.1. The second-order valence-electron chi connectivity index (χ2n) is 6.26. The first-order chi connectivity index (χ1) is 13.4. The summed E-state index contributed by atoms with van der Waals surface area (Å²) in [5, 5.41) is 14.7. The maximum Gasteiger partial charge on any atom is 0.407 e. The Kier molecular flexibility index (Phi) is 5.69. The molecule has 28 heavy (non-hydrogen) atoms. The molecule has 1 aromatic carbocycles. The van der Waals surface area contributed by atoms with Crippen molar-refractivity contribution >= 4 is 34.4 Å². The predicted octanol–water partition coefficient (Wildman–Crippen LogP) is 2.40. The molecule has 1 aromatic heterocycles. The fourth-order valence-corrected chi connectivity index (χ4v) is 4.04. The minimum Gasteiger partial charge on any atom is -0.497 e. The number of benzene rings is 1. The highest BCUT2D eigenvalue weighted by atomic mass is 32.1. The first-order valence-corrected chi connectivity index (χ1v) is 9.32. The van der Waals surface area contributed by atoms with Crippen molar-refractivity contribution in [3.63, 3.8) is 0 Å².